The first-order valence-electron chi connectivity index (χ1n) is 7.82. The van der Waals surface area contributed by atoms with Crippen LogP contribution in [0.25, 0.3) is 0 Å². The van der Waals surface area contributed by atoms with Gasteiger partial charge in [-0.15, -0.1) is 0 Å². The number of hydrogen-bond donors (Lipinski definition) is 1. The van der Waals surface area contributed by atoms with Gasteiger partial charge in [0.1, 0.15) is 5.76 Å². The highest BCUT2D eigenvalue weighted by Gasteiger charge is 2.31. The summed E-state index contributed by atoms with van der Waals surface area (Å²) in [7, 11) is 1.40. The van der Waals surface area contributed by atoms with Crippen molar-refractivity contribution in [3.05, 3.63) is 17.0 Å². The van der Waals surface area contributed by atoms with Crippen molar-refractivity contribution in [3.8, 4) is 0 Å². The fourth-order valence-electron chi connectivity index (χ4n) is 3.09. The second-order valence-electron chi connectivity index (χ2n) is 5.92. The number of aryl methyl sites for hydroxylation is 2. The van der Waals surface area contributed by atoms with Crippen molar-refractivity contribution in [2.75, 3.05) is 7.11 Å². The van der Waals surface area contributed by atoms with Gasteiger partial charge in [-0.2, -0.15) is 0 Å². The molecule has 122 valence electrons. The average Bonchev–Trinajstić information content (AvgIpc) is 2.71. The lowest BCUT2D eigenvalue weighted by molar-refractivity contribution is -0.147. The first-order chi connectivity index (χ1) is 10.5. The van der Waals surface area contributed by atoms with Crippen LogP contribution in [-0.2, 0) is 20.7 Å². The minimum Gasteiger partial charge on any atom is -0.469 e. The summed E-state index contributed by atoms with van der Waals surface area (Å²) in [6.07, 6.45) is 4.91. The molecule has 2 rings (SSSR count). The topological polar surface area (TPSA) is 81.4 Å². The summed E-state index contributed by atoms with van der Waals surface area (Å²) in [6.45, 7) is 3.62. The number of esters is 1. The van der Waals surface area contributed by atoms with Crippen molar-refractivity contribution in [2.24, 2.45) is 5.92 Å². The Morgan fingerprint density at radius 3 is 2.64 bits per heavy atom. The van der Waals surface area contributed by atoms with Gasteiger partial charge in [-0.05, 0) is 26.7 Å². The van der Waals surface area contributed by atoms with Crippen molar-refractivity contribution in [1.82, 2.24) is 10.5 Å². The Bertz CT molecular complexity index is 519. The average molecular weight is 308 g/mol. The molecule has 0 aromatic carbocycles. The van der Waals surface area contributed by atoms with Crippen molar-refractivity contribution in [1.29, 1.82) is 0 Å². The largest absolute Gasteiger partial charge is 0.469 e. The van der Waals surface area contributed by atoms with Crippen LogP contribution in [0.5, 0.6) is 0 Å². The third-order valence-corrected chi connectivity index (χ3v) is 4.38. The van der Waals surface area contributed by atoms with Crippen molar-refractivity contribution in [3.63, 3.8) is 0 Å². The molecule has 2 atom stereocenters. The lowest BCUT2D eigenvalue weighted by Gasteiger charge is -2.24. The van der Waals surface area contributed by atoms with E-state index >= 15 is 0 Å². The van der Waals surface area contributed by atoms with Gasteiger partial charge in [-0.25, -0.2) is 0 Å². The van der Waals surface area contributed by atoms with E-state index in [0.29, 0.717) is 5.76 Å². The van der Waals surface area contributed by atoms with Gasteiger partial charge in [0, 0.05) is 11.6 Å². The van der Waals surface area contributed by atoms with E-state index in [1.54, 1.807) is 6.92 Å². The molecule has 1 saturated carbocycles. The van der Waals surface area contributed by atoms with Gasteiger partial charge in [0.05, 0.1) is 25.1 Å². The number of ether oxygens (including phenoxy) is 1. The molecule has 1 fully saturated rings. The highest BCUT2D eigenvalue weighted by molar-refractivity contribution is 5.81. The zero-order valence-electron chi connectivity index (χ0n) is 13.5. The van der Waals surface area contributed by atoms with Crippen LogP contribution in [0.3, 0.4) is 0 Å². The maximum absolute atomic E-state index is 12.3. The minimum atomic E-state index is -0.249. The number of aromatic nitrogens is 1. The Morgan fingerprint density at radius 1 is 1.27 bits per heavy atom. The highest BCUT2D eigenvalue weighted by atomic mass is 16.5. The maximum Gasteiger partial charge on any atom is 0.310 e. The van der Waals surface area contributed by atoms with E-state index < -0.39 is 0 Å². The third-order valence-electron chi connectivity index (χ3n) is 4.38. The van der Waals surface area contributed by atoms with Crippen molar-refractivity contribution < 1.29 is 18.8 Å². The van der Waals surface area contributed by atoms with Gasteiger partial charge in [-0.1, -0.05) is 24.4 Å². The van der Waals surface area contributed by atoms with Crippen LogP contribution in [0.2, 0.25) is 0 Å². The maximum atomic E-state index is 12.3. The van der Waals surface area contributed by atoms with Crippen LogP contribution >= 0.6 is 0 Å². The number of hydrogen-bond acceptors (Lipinski definition) is 5. The number of rotatable bonds is 4. The van der Waals surface area contributed by atoms with Gasteiger partial charge < -0.3 is 14.6 Å². The van der Waals surface area contributed by atoms with E-state index in [1.807, 2.05) is 6.92 Å². The van der Waals surface area contributed by atoms with Gasteiger partial charge in [0.2, 0.25) is 5.91 Å². The predicted molar refractivity (Wildman–Crippen MR) is 80.2 cm³/mol. The Morgan fingerprint density at radius 2 is 2.00 bits per heavy atom. The van der Waals surface area contributed by atoms with E-state index in [9.17, 15) is 9.59 Å². The fraction of sp³-hybridized carbons (Fsp3) is 0.688. The lowest BCUT2D eigenvalue weighted by atomic mass is 9.94. The van der Waals surface area contributed by atoms with E-state index in [-0.39, 0.29) is 30.3 Å². The molecular formula is C16H24N2O4. The molecule has 1 amide bonds. The molecule has 1 aliphatic carbocycles. The molecule has 0 unspecified atom stereocenters. The molecule has 1 aromatic rings. The van der Waals surface area contributed by atoms with Gasteiger partial charge >= 0.3 is 5.97 Å². The normalized spacial score (nSPS) is 22.0. The summed E-state index contributed by atoms with van der Waals surface area (Å²) in [4.78, 5) is 24.3. The second kappa shape index (κ2) is 7.42. The van der Waals surface area contributed by atoms with E-state index in [0.717, 1.165) is 43.4 Å². The van der Waals surface area contributed by atoms with Crippen LogP contribution in [0, 0.1) is 19.8 Å². The highest BCUT2D eigenvalue weighted by Crippen LogP contribution is 2.25. The standard InChI is InChI=1S/C16H24N2O4/c1-10-13(11(2)22-18-10)9-15(19)17-14-8-6-4-5-7-12(14)16(20)21-3/h12,14H,4-9H2,1-3H3,(H,17,19)/t12-,14+/m1/s1. The predicted octanol–water partition coefficient (Wildman–Crippen LogP) is 2.07. The molecule has 0 bridgehead atoms. The quantitative estimate of drug-likeness (QED) is 0.680. The minimum absolute atomic E-state index is 0.102. The monoisotopic (exact) mass is 308 g/mol. The summed E-state index contributed by atoms with van der Waals surface area (Å²) in [5.41, 5.74) is 1.55. The SMILES string of the molecule is COC(=O)[C@@H]1CCCCC[C@@H]1NC(=O)Cc1c(C)noc1C. The number of nitrogens with zero attached hydrogens (tertiary/aromatic N) is 1. The molecule has 1 aliphatic rings. The summed E-state index contributed by atoms with van der Waals surface area (Å²) < 4.78 is 9.96. The first kappa shape index (κ1) is 16.5. The Hall–Kier alpha value is -1.85. The fourth-order valence-corrected chi connectivity index (χ4v) is 3.09. The summed E-state index contributed by atoms with van der Waals surface area (Å²) in [5.74, 6) is 0.0823. The van der Waals surface area contributed by atoms with E-state index in [1.165, 1.54) is 7.11 Å². The van der Waals surface area contributed by atoms with Gasteiger partial charge in [0.15, 0.2) is 0 Å². The molecule has 1 heterocycles. The van der Waals surface area contributed by atoms with Crippen LogP contribution < -0.4 is 5.32 Å². The Labute approximate surface area is 130 Å². The van der Waals surface area contributed by atoms with Crippen LogP contribution in [0.15, 0.2) is 4.52 Å². The number of amides is 1. The summed E-state index contributed by atoms with van der Waals surface area (Å²) in [5, 5.41) is 6.87. The zero-order valence-corrected chi connectivity index (χ0v) is 13.5. The smallest absolute Gasteiger partial charge is 0.310 e. The van der Waals surface area contributed by atoms with E-state index in [2.05, 4.69) is 10.5 Å². The third kappa shape index (κ3) is 3.87. The molecule has 1 N–H and O–H groups in total. The summed E-state index contributed by atoms with van der Waals surface area (Å²) >= 11 is 0. The molecule has 6 heteroatoms. The molecule has 0 spiro atoms. The molecule has 1 aromatic heterocycles. The first-order valence-corrected chi connectivity index (χ1v) is 7.82. The molecule has 22 heavy (non-hydrogen) atoms. The number of methoxy groups -OCH3 is 1. The molecule has 0 aliphatic heterocycles. The van der Waals surface area contributed by atoms with Crippen molar-refractivity contribution in [2.45, 2.75) is 58.4 Å². The van der Waals surface area contributed by atoms with Crippen LogP contribution in [-0.4, -0.2) is 30.2 Å². The Balaban J connectivity index is 2.02. The van der Waals surface area contributed by atoms with Gasteiger partial charge in [-0.3, -0.25) is 9.59 Å². The molecule has 0 radical (unpaired) electrons. The van der Waals surface area contributed by atoms with E-state index in [4.69, 9.17) is 9.26 Å². The van der Waals surface area contributed by atoms with Gasteiger partial charge in [0.25, 0.3) is 0 Å². The lowest BCUT2D eigenvalue weighted by Crippen LogP contribution is -2.43. The molecular weight excluding hydrogens is 284 g/mol. The number of carbonyl (C=O) groups is 2. The van der Waals surface area contributed by atoms with Crippen molar-refractivity contribution >= 4 is 11.9 Å². The second-order valence-corrected chi connectivity index (χ2v) is 5.92. The number of carbonyl (C=O) groups excluding carboxylic acids is 2. The zero-order chi connectivity index (χ0) is 16.1. The number of nitrogens with one attached hydrogen (secondary N) is 1. The Kier molecular flexibility index (Phi) is 5.57. The van der Waals surface area contributed by atoms with Crippen LogP contribution in [0.1, 0.15) is 49.1 Å². The molecule has 6 nitrogen and oxygen atoms in total. The molecule has 0 saturated heterocycles. The van der Waals surface area contributed by atoms with Crippen LogP contribution in [0.4, 0.5) is 0 Å². The summed E-state index contributed by atoms with van der Waals surface area (Å²) in [6, 6.07) is -0.150.